The van der Waals surface area contributed by atoms with Crippen molar-refractivity contribution in [3.63, 3.8) is 0 Å². The van der Waals surface area contributed by atoms with E-state index in [4.69, 9.17) is 0 Å². The number of benzene rings is 1. The van der Waals surface area contributed by atoms with Gasteiger partial charge in [-0.15, -0.1) is 0 Å². The molecule has 0 atom stereocenters. The summed E-state index contributed by atoms with van der Waals surface area (Å²) in [5.41, 5.74) is 1.56. The number of nitrogens with one attached hydrogen (secondary N) is 2. The Hall–Kier alpha value is -1.51. The van der Waals surface area contributed by atoms with Gasteiger partial charge in [-0.05, 0) is 12.1 Å². The second kappa shape index (κ2) is 1.73. The highest BCUT2D eigenvalue weighted by Crippen LogP contribution is 2.03. The largest absolute Gasteiger partial charge is 0.323 e. The van der Waals surface area contributed by atoms with E-state index >= 15 is 0 Å². The third-order valence-electron chi connectivity index (χ3n) is 1.42. The maximum absolute atomic E-state index is 10.7. The predicted octanol–water partition coefficient (Wildman–Crippen LogP) is 0.856. The molecule has 0 amide bonds. The van der Waals surface area contributed by atoms with Crippen LogP contribution >= 0.6 is 0 Å². The van der Waals surface area contributed by atoms with Crippen molar-refractivity contribution in [2.45, 2.75) is 0 Å². The molecule has 10 heavy (non-hydrogen) atoms. The maximum Gasteiger partial charge on any atom is 0.323 e. The number of para-hydroxylation sites is 2. The summed E-state index contributed by atoms with van der Waals surface area (Å²) in [5.74, 6) is 0. The Morgan fingerprint density at radius 3 is 2.00 bits per heavy atom. The molecular weight excluding hydrogens is 127 g/mol. The molecule has 0 bridgehead atoms. The van der Waals surface area contributed by atoms with E-state index in [-0.39, 0.29) is 5.69 Å². The molecule has 50 valence electrons. The zero-order valence-electron chi connectivity index (χ0n) is 5.22. The molecule has 0 aliphatic rings. The first-order valence-electron chi connectivity index (χ1n) is 3.03. The van der Waals surface area contributed by atoms with Gasteiger partial charge >= 0.3 is 5.69 Å². The van der Waals surface area contributed by atoms with Gasteiger partial charge in [0.05, 0.1) is 11.0 Å². The average Bonchev–Trinajstić information content (AvgIpc) is 2.27. The Labute approximate surface area is 56.7 Å². The van der Waals surface area contributed by atoms with Crippen molar-refractivity contribution in [2.75, 3.05) is 0 Å². The Morgan fingerprint density at radius 1 is 1.00 bits per heavy atom. The zero-order chi connectivity index (χ0) is 6.97. The lowest BCUT2D eigenvalue weighted by Crippen LogP contribution is -1.99. The van der Waals surface area contributed by atoms with Crippen molar-refractivity contribution in [3.8, 4) is 0 Å². The van der Waals surface area contributed by atoms with Crippen LogP contribution in [0.3, 0.4) is 0 Å². The summed E-state index contributed by atoms with van der Waals surface area (Å²) in [7, 11) is 0. The minimum Gasteiger partial charge on any atom is -0.306 e. The average molecular weight is 133 g/mol. The number of hydrogen-bond donors (Lipinski definition) is 2. The fourth-order valence-corrected chi connectivity index (χ4v) is 0.977. The predicted molar refractivity (Wildman–Crippen MR) is 38.9 cm³/mol. The Balaban J connectivity index is 3.01. The smallest absolute Gasteiger partial charge is 0.306 e. The summed E-state index contributed by atoms with van der Waals surface area (Å²) in [6, 6.07) is 7.47. The highest BCUT2D eigenvalue weighted by atomic mass is 16.1. The lowest BCUT2D eigenvalue weighted by molar-refractivity contribution is 1.22. The number of imidazole rings is 1. The Bertz CT molecular complexity index is 363. The Kier molecular flexibility index (Phi) is 0.917. The third-order valence-corrected chi connectivity index (χ3v) is 1.42. The van der Waals surface area contributed by atoms with Crippen LogP contribution in [-0.2, 0) is 0 Å². The maximum atomic E-state index is 10.7. The molecule has 1 aromatic heterocycles. The molecule has 0 saturated carbocycles. The first-order chi connectivity index (χ1) is 4.86. The van der Waals surface area contributed by atoms with Crippen molar-refractivity contribution in [1.82, 2.24) is 9.97 Å². The molecule has 3 nitrogen and oxygen atoms in total. The summed E-state index contributed by atoms with van der Waals surface area (Å²) in [6.07, 6.45) is 0. The third kappa shape index (κ3) is 0.639. The van der Waals surface area contributed by atoms with Gasteiger partial charge in [0.2, 0.25) is 0 Å². The molecule has 2 rings (SSSR count). The lowest BCUT2D eigenvalue weighted by atomic mass is 10.3. The number of hydrogen-bond acceptors (Lipinski definition) is 1. The van der Waals surface area contributed by atoms with E-state index in [1.54, 1.807) is 0 Å². The highest BCUT2D eigenvalue weighted by Gasteiger charge is 1.92. The highest BCUT2D eigenvalue weighted by molar-refractivity contribution is 5.73. The number of fused-ring (bicyclic) bond motifs is 1. The van der Waals surface area contributed by atoms with E-state index in [1.807, 2.05) is 24.3 Å². The molecule has 0 unspecified atom stereocenters. The lowest BCUT2D eigenvalue weighted by Gasteiger charge is -1.81. The van der Waals surface area contributed by atoms with E-state index in [2.05, 4.69) is 9.97 Å². The standard InChI is InChI=1S/C7H6N2O/c10-7-8-5-3-1-2-4-6(5)9-7/h1-4H,(H2,8,9,10)/i7-1. The first kappa shape index (κ1) is 5.29. The van der Waals surface area contributed by atoms with E-state index < -0.39 is 0 Å². The van der Waals surface area contributed by atoms with Crippen LogP contribution < -0.4 is 5.69 Å². The van der Waals surface area contributed by atoms with Gasteiger partial charge < -0.3 is 9.97 Å². The number of rotatable bonds is 0. The fraction of sp³-hybridized carbons (Fsp3) is 0. The molecule has 2 aromatic rings. The molecule has 0 radical (unpaired) electrons. The minimum atomic E-state index is -0.152. The van der Waals surface area contributed by atoms with Crippen LogP contribution in [0.1, 0.15) is 0 Å². The van der Waals surface area contributed by atoms with Gasteiger partial charge in [-0.1, -0.05) is 12.1 Å². The summed E-state index contributed by atoms with van der Waals surface area (Å²) in [6.45, 7) is 0. The van der Waals surface area contributed by atoms with Gasteiger partial charge in [-0.25, -0.2) is 4.79 Å². The molecule has 2 N–H and O–H groups in total. The van der Waals surface area contributed by atoms with Gasteiger partial charge in [0.15, 0.2) is 0 Å². The quantitative estimate of drug-likeness (QED) is 0.550. The minimum absolute atomic E-state index is 0.152. The molecule has 1 aromatic carbocycles. The van der Waals surface area contributed by atoms with Crippen LogP contribution in [0.2, 0.25) is 0 Å². The fourth-order valence-electron chi connectivity index (χ4n) is 0.977. The van der Waals surface area contributed by atoms with Crippen LogP contribution in [0.5, 0.6) is 0 Å². The van der Waals surface area contributed by atoms with Crippen molar-refractivity contribution in [2.24, 2.45) is 0 Å². The summed E-state index contributed by atoms with van der Waals surface area (Å²) in [5, 5.41) is 0. The van der Waals surface area contributed by atoms with E-state index in [1.165, 1.54) is 0 Å². The van der Waals surface area contributed by atoms with Crippen LogP contribution in [0.25, 0.3) is 11.0 Å². The topological polar surface area (TPSA) is 48.6 Å². The molecule has 3 heteroatoms. The Morgan fingerprint density at radius 2 is 1.50 bits per heavy atom. The SMILES string of the molecule is O=[11c]1[nH]c2ccccc2[nH]1. The van der Waals surface area contributed by atoms with Gasteiger partial charge in [0.25, 0.3) is 0 Å². The summed E-state index contributed by atoms with van der Waals surface area (Å²) < 4.78 is 0. The van der Waals surface area contributed by atoms with Gasteiger partial charge in [0.1, 0.15) is 0 Å². The van der Waals surface area contributed by atoms with Crippen molar-refractivity contribution in [1.29, 1.82) is 0 Å². The molecule has 0 aliphatic carbocycles. The van der Waals surface area contributed by atoms with Crippen LogP contribution in [-0.4, -0.2) is 9.97 Å². The molecule has 0 saturated heterocycles. The van der Waals surface area contributed by atoms with Crippen molar-refractivity contribution < 1.29 is 0 Å². The molecule has 1 heterocycles. The summed E-state index contributed by atoms with van der Waals surface area (Å²) in [4.78, 5) is 16.0. The van der Waals surface area contributed by atoms with Crippen molar-refractivity contribution >= 4 is 11.0 Å². The van der Waals surface area contributed by atoms with E-state index in [9.17, 15) is 4.79 Å². The monoisotopic (exact) mass is 133 g/mol. The van der Waals surface area contributed by atoms with E-state index in [0.29, 0.717) is 0 Å². The van der Waals surface area contributed by atoms with Gasteiger partial charge in [-0.3, -0.25) is 0 Å². The van der Waals surface area contributed by atoms with Crippen LogP contribution in [0.15, 0.2) is 29.1 Å². The number of H-pyrrole nitrogens is 2. The van der Waals surface area contributed by atoms with Gasteiger partial charge in [-0.2, -0.15) is 0 Å². The first-order valence-corrected chi connectivity index (χ1v) is 3.03. The van der Waals surface area contributed by atoms with Crippen molar-refractivity contribution in [3.05, 3.63) is 34.7 Å². The zero-order valence-corrected chi connectivity index (χ0v) is 5.22. The molecule has 0 fully saturated rings. The summed E-state index contributed by atoms with van der Waals surface area (Å²) >= 11 is 0. The molecule has 0 aliphatic heterocycles. The number of aromatic nitrogens is 2. The number of aromatic amines is 2. The second-order valence-electron chi connectivity index (χ2n) is 2.12. The second-order valence-corrected chi connectivity index (χ2v) is 2.12. The van der Waals surface area contributed by atoms with Crippen LogP contribution in [0, 0.1) is 0 Å². The van der Waals surface area contributed by atoms with E-state index in [0.717, 1.165) is 11.0 Å². The molecular formula is C7H6N2O. The van der Waals surface area contributed by atoms with Gasteiger partial charge in [0, 0.05) is 0 Å². The van der Waals surface area contributed by atoms with Crippen LogP contribution in [0.4, 0.5) is 0 Å². The molecule has 0 spiro atoms. The normalized spacial score (nSPS) is 10.4.